The molecule has 0 fully saturated rings. The molecule has 2 heterocycles. The Kier molecular flexibility index (Phi) is 2.76. The standard InChI is InChI=1S/C14H14N2O2/c1-10-2-4-11(5-3-10)13-7-15-14(16-13)6-12-8-17-9-18-12/h2-5,7-8H,6,9H2,1H3,(H,15,16). The third kappa shape index (κ3) is 2.22. The zero-order valence-corrected chi connectivity index (χ0v) is 10.1. The summed E-state index contributed by atoms with van der Waals surface area (Å²) in [5, 5.41) is 0. The lowest BCUT2D eigenvalue weighted by atomic mass is 10.1. The molecular formula is C14H14N2O2. The number of ether oxygens (including phenoxy) is 2. The van der Waals surface area contributed by atoms with Crippen LogP contribution in [-0.4, -0.2) is 16.8 Å². The highest BCUT2D eigenvalue weighted by molar-refractivity contribution is 5.58. The number of nitrogens with one attached hydrogen (secondary N) is 1. The minimum atomic E-state index is 0.306. The number of allylic oxidation sites excluding steroid dienone is 1. The minimum Gasteiger partial charge on any atom is -0.462 e. The number of H-pyrrole nitrogens is 1. The van der Waals surface area contributed by atoms with Gasteiger partial charge in [-0.3, -0.25) is 0 Å². The molecule has 1 N–H and O–H groups in total. The highest BCUT2D eigenvalue weighted by Gasteiger charge is 2.10. The van der Waals surface area contributed by atoms with Crippen molar-refractivity contribution in [3.8, 4) is 11.3 Å². The largest absolute Gasteiger partial charge is 0.462 e. The maximum Gasteiger partial charge on any atom is 0.229 e. The molecule has 1 aliphatic heterocycles. The summed E-state index contributed by atoms with van der Waals surface area (Å²) in [4.78, 5) is 7.63. The molecule has 4 nitrogen and oxygen atoms in total. The van der Waals surface area contributed by atoms with Gasteiger partial charge in [0.2, 0.25) is 6.79 Å². The number of nitrogens with zero attached hydrogens (tertiary/aromatic N) is 1. The Morgan fingerprint density at radius 1 is 1.28 bits per heavy atom. The Labute approximate surface area is 105 Å². The number of aromatic amines is 1. The van der Waals surface area contributed by atoms with Crippen LogP contribution < -0.4 is 0 Å². The number of hydrogen-bond acceptors (Lipinski definition) is 3. The van der Waals surface area contributed by atoms with Crippen molar-refractivity contribution in [2.75, 3.05) is 6.79 Å². The van der Waals surface area contributed by atoms with Crippen LogP contribution in [0.5, 0.6) is 0 Å². The molecule has 0 spiro atoms. The summed E-state index contributed by atoms with van der Waals surface area (Å²) in [5.41, 5.74) is 3.40. The SMILES string of the molecule is Cc1ccc(-c2cnc(CC3=COCO3)[nH]2)cc1. The second-order valence-corrected chi connectivity index (χ2v) is 4.30. The quantitative estimate of drug-likeness (QED) is 0.900. The normalized spacial score (nSPS) is 13.9. The molecule has 0 saturated carbocycles. The lowest BCUT2D eigenvalue weighted by Gasteiger charge is -1.99. The van der Waals surface area contributed by atoms with Gasteiger partial charge >= 0.3 is 0 Å². The number of rotatable bonds is 3. The fourth-order valence-corrected chi connectivity index (χ4v) is 1.86. The van der Waals surface area contributed by atoms with E-state index >= 15 is 0 Å². The van der Waals surface area contributed by atoms with E-state index in [2.05, 4.69) is 41.2 Å². The van der Waals surface area contributed by atoms with Crippen LogP contribution in [-0.2, 0) is 15.9 Å². The highest BCUT2D eigenvalue weighted by Crippen LogP contribution is 2.19. The molecule has 0 atom stereocenters. The van der Waals surface area contributed by atoms with E-state index in [1.54, 1.807) is 6.26 Å². The summed E-state index contributed by atoms with van der Waals surface area (Å²) >= 11 is 0. The van der Waals surface area contributed by atoms with Crippen LogP contribution in [0.2, 0.25) is 0 Å². The molecule has 0 aliphatic carbocycles. The van der Waals surface area contributed by atoms with Crippen molar-refractivity contribution in [2.24, 2.45) is 0 Å². The summed E-state index contributed by atoms with van der Waals surface area (Å²) in [7, 11) is 0. The Balaban J connectivity index is 1.78. The minimum absolute atomic E-state index is 0.306. The fourth-order valence-electron chi connectivity index (χ4n) is 1.86. The van der Waals surface area contributed by atoms with Crippen molar-refractivity contribution < 1.29 is 9.47 Å². The first-order chi connectivity index (χ1) is 8.81. The van der Waals surface area contributed by atoms with Crippen LogP contribution in [0.15, 0.2) is 42.5 Å². The lowest BCUT2D eigenvalue weighted by molar-refractivity contribution is 0.0788. The van der Waals surface area contributed by atoms with Gasteiger partial charge in [-0.25, -0.2) is 4.98 Å². The average Bonchev–Trinajstić information content (AvgIpc) is 3.02. The van der Waals surface area contributed by atoms with Crippen LogP contribution in [0.1, 0.15) is 11.4 Å². The Bertz CT molecular complexity index is 570. The number of imidazole rings is 1. The van der Waals surface area contributed by atoms with E-state index in [0.29, 0.717) is 13.2 Å². The van der Waals surface area contributed by atoms with Gasteiger partial charge < -0.3 is 14.5 Å². The van der Waals surface area contributed by atoms with Crippen molar-refractivity contribution in [1.29, 1.82) is 0 Å². The van der Waals surface area contributed by atoms with Gasteiger partial charge in [-0.15, -0.1) is 0 Å². The monoisotopic (exact) mass is 242 g/mol. The topological polar surface area (TPSA) is 47.1 Å². The Morgan fingerprint density at radius 2 is 2.11 bits per heavy atom. The first-order valence-corrected chi connectivity index (χ1v) is 5.85. The van der Waals surface area contributed by atoms with Gasteiger partial charge in [0.05, 0.1) is 18.3 Å². The third-order valence-corrected chi connectivity index (χ3v) is 2.86. The molecule has 0 bridgehead atoms. The molecule has 0 unspecified atom stereocenters. The second-order valence-electron chi connectivity index (χ2n) is 4.30. The van der Waals surface area contributed by atoms with Crippen LogP contribution in [0.4, 0.5) is 0 Å². The van der Waals surface area contributed by atoms with E-state index in [-0.39, 0.29) is 0 Å². The predicted molar refractivity (Wildman–Crippen MR) is 67.6 cm³/mol. The zero-order chi connectivity index (χ0) is 12.4. The molecule has 2 aromatic rings. The average molecular weight is 242 g/mol. The maximum absolute atomic E-state index is 5.27. The zero-order valence-electron chi connectivity index (χ0n) is 10.1. The van der Waals surface area contributed by atoms with E-state index in [4.69, 9.17) is 9.47 Å². The van der Waals surface area contributed by atoms with Crippen LogP contribution >= 0.6 is 0 Å². The Morgan fingerprint density at radius 3 is 2.83 bits per heavy atom. The van der Waals surface area contributed by atoms with Gasteiger partial charge in [0, 0.05) is 0 Å². The Hall–Kier alpha value is -2.23. The summed E-state index contributed by atoms with van der Waals surface area (Å²) in [6, 6.07) is 8.35. The molecular weight excluding hydrogens is 228 g/mol. The molecule has 1 aromatic heterocycles. The third-order valence-electron chi connectivity index (χ3n) is 2.86. The predicted octanol–water partition coefficient (Wildman–Crippen LogP) is 2.77. The van der Waals surface area contributed by atoms with E-state index < -0.39 is 0 Å². The summed E-state index contributed by atoms with van der Waals surface area (Å²) in [6.07, 6.45) is 4.11. The molecule has 92 valence electrons. The van der Waals surface area contributed by atoms with E-state index in [1.807, 2.05) is 6.20 Å². The lowest BCUT2D eigenvalue weighted by Crippen LogP contribution is -1.93. The number of benzene rings is 1. The highest BCUT2D eigenvalue weighted by atomic mass is 16.7. The van der Waals surface area contributed by atoms with Gasteiger partial charge in [-0.1, -0.05) is 29.8 Å². The maximum atomic E-state index is 5.27. The van der Waals surface area contributed by atoms with Crippen molar-refractivity contribution in [3.05, 3.63) is 53.9 Å². The summed E-state index contributed by atoms with van der Waals surface area (Å²) < 4.78 is 10.3. The van der Waals surface area contributed by atoms with E-state index in [1.165, 1.54) is 5.56 Å². The second kappa shape index (κ2) is 4.56. The van der Waals surface area contributed by atoms with Crippen molar-refractivity contribution in [3.63, 3.8) is 0 Å². The van der Waals surface area contributed by atoms with Gasteiger partial charge in [0.1, 0.15) is 17.8 Å². The molecule has 0 radical (unpaired) electrons. The van der Waals surface area contributed by atoms with E-state index in [9.17, 15) is 0 Å². The number of hydrogen-bond donors (Lipinski definition) is 1. The van der Waals surface area contributed by atoms with Crippen LogP contribution in [0, 0.1) is 6.92 Å². The fraction of sp³-hybridized carbons (Fsp3) is 0.214. The van der Waals surface area contributed by atoms with Crippen LogP contribution in [0.25, 0.3) is 11.3 Å². The summed E-state index contributed by atoms with van der Waals surface area (Å²) in [6.45, 7) is 2.38. The molecule has 18 heavy (non-hydrogen) atoms. The molecule has 1 aromatic carbocycles. The first-order valence-electron chi connectivity index (χ1n) is 5.85. The summed E-state index contributed by atoms with van der Waals surface area (Å²) in [5.74, 6) is 1.68. The van der Waals surface area contributed by atoms with Gasteiger partial charge in [0.25, 0.3) is 0 Å². The van der Waals surface area contributed by atoms with Crippen molar-refractivity contribution in [1.82, 2.24) is 9.97 Å². The molecule has 3 rings (SSSR count). The van der Waals surface area contributed by atoms with Gasteiger partial charge in [0.15, 0.2) is 0 Å². The van der Waals surface area contributed by atoms with Crippen LogP contribution in [0.3, 0.4) is 0 Å². The van der Waals surface area contributed by atoms with E-state index in [0.717, 1.165) is 22.8 Å². The molecule has 0 amide bonds. The first kappa shape index (κ1) is 10.9. The number of aromatic nitrogens is 2. The molecule has 0 saturated heterocycles. The van der Waals surface area contributed by atoms with Gasteiger partial charge in [-0.2, -0.15) is 0 Å². The van der Waals surface area contributed by atoms with Gasteiger partial charge in [-0.05, 0) is 12.5 Å². The molecule has 4 heteroatoms. The van der Waals surface area contributed by atoms with Crippen molar-refractivity contribution >= 4 is 0 Å². The number of aryl methyl sites for hydroxylation is 1. The smallest absolute Gasteiger partial charge is 0.229 e. The molecule has 1 aliphatic rings. The van der Waals surface area contributed by atoms with Crippen molar-refractivity contribution in [2.45, 2.75) is 13.3 Å².